The number of anilines is 2. The number of piperidine rings is 1. The molecule has 0 saturated carbocycles. The Hall–Kier alpha value is -2.70. The minimum Gasteiger partial charge on any atom is -0.396 e. The summed E-state index contributed by atoms with van der Waals surface area (Å²) < 4.78 is 6.40. The van der Waals surface area contributed by atoms with Crippen molar-refractivity contribution >= 4 is 23.2 Å². The van der Waals surface area contributed by atoms with Gasteiger partial charge >= 0.3 is 0 Å². The van der Waals surface area contributed by atoms with E-state index in [0.29, 0.717) is 19.4 Å². The maximum atomic E-state index is 13.9. The van der Waals surface area contributed by atoms with Crippen LogP contribution in [-0.2, 0) is 26.5 Å². The van der Waals surface area contributed by atoms with Crippen LogP contribution in [0.25, 0.3) is 0 Å². The molecule has 6 nitrogen and oxygen atoms in total. The SMILES string of the molecule is C[C@@H]1C[C@H](CCO)O[C@@]12C(=O)N(Cc1cccc(N3CCCCC3=O)c1)c1ccccc12. The second-order valence-electron chi connectivity index (χ2n) is 9.21. The number of para-hydroxylation sites is 1. The van der Waals surface area contributed by atoms with Crippen LogP contribution in [0.5, 0.6) is 0 Å². The van der Waals surface area contributed by atoms with Crippen LogP contribution >= 0.6 is 0 Å². The molecule has 1 spiro atoms. The summed E-state index contributed by atoms with van der Waals surface area (Å²) in [6, 6.07) is 15.8. The van der Waals surface area contributed by atoms with Gasteiger partial charge in [0.2, 0.25) is 5.91 Å². The highest BCUT2D eigenvalue weighted by atomic mass is 16.5. The molecule has 0 unspecified atom stereocenters. The summed E-state index contributed by atoms with van der Waals surface area (Å²) in [6.45, 7) is 3.29. The van der Waals surface area contributed by atoms with Crippen LogP contribution < -0.4 is 9.80 Å². The van der Waals surface area contributed by atoms with E-state index < -0.39 is 5.60 Å². The minimum absolute atomic E-state index is 0.0232. The Morgan fingerprint density at radius 2 is 1.97 bits per heavy atom. The van der Waals surface area contributed by atoms with Crippen molar-refractivity contribution in [2.24, 2.45) is 5.92 Å². The maximum Gasteiger partial charge on any atom is 0.264 e. The van der Waals surface area contributed by atoms with Gasteiger partial charge in [-0.15, -0.1) is 0 Å². The highest BCUT2D eigenvalue weighted by Gasteiger charge is 2.59. The number of aliphatic hydroxyl groups excluding tert-OH is 1. The van der Waals surface area contributed by atoms with Crippen molar-refractivity contribution in [1.82, 2.24) is 0 Å². The summed E-state index contributed by atoms with van der Waals surface area (Å²) in [4.78, 5) is 29.9. The number of benzene rings is 2. The maximum absolute atomic E-state index is 13.9. The smallest absolute Gasteiger partial charge is 0.264 e. The molecule has 2 fully saturated rings. The van der Waals surface area contributed by atoms with Gasteiger partial charge in [-0.05, 0) is 49.4 Å². The Kier molecular flexibility index (Phi) is 5.51. The van der Waals surface area contributed by atoms with Crippen molar-refractivity contribution in [3.63, 3.8) is 0 Å². The van der Waals surface area contributed by atoms with E-state index in [4.69, 9.17) is 4.74 Å². The zero-order chi connectivity index (χ0) is 22.3. The van der Waals surface area contributed by atoms with E-state index in [-0.39, 0.29) is 30.4 Å². The molecule has 3 atom stereocenters. The number of ether oxygens (including phenoxy) is 1. The number of aliphatic hydroxyl groups is 1. The molecule has 2 aromatic rings. The first-order valence-electron chi connectivity index (χ1n) is 11.6. The van der Waals surface area contributed by atoms with E-state index in [1.165, 1.54) is 0 Å². The second-order valence-corrected chi connectivity index (χ2v) is 9.21. The van der Waals surface area contributed by atoms with Crippen LogP contribution in [0.1, 0.15) is 50.2 Å². The number of hydrogen-bond donors (Lipinski definition) is 1. The highest BCUT2D eigenvalue weighted by molar-refractivity contribution is 6.07. The predicted molar refractivity (Wildman–Crippen MR) is 122 cm³/mol. The van der Waals surface area contributed by atoms with Gasteiger partial charge in [0, 0.05) is 36.7 Å². The Morgan fingerprint density at radius 1 is 1.12 bits per heavy atom. The topological polar surface area (TPSA) is 70.1 Å². The fourth-order valence-corrected chi connectivity index (χ4v) is 5.59. The first-order valence-corrected chi connectivity index (χ1v) is 11.6. The molecule has 3 heterocycles. The van der Waals surface area contributed by atoms with Gasteiger partial charge in [-0.3, -0.25) is 9.59 Å². The van der Waals surface area contributed by atoms with Crippen LogP contribution in [-0.4, -0.2) is 36.2 Å². The van der Waals surface area contributed by atoms with Crippen molar-refractivity contribution in [3.05, 3.63) is 59.7 Å². The Labute approximate surface area is 188 Å². The van der Waals surface area contributed by atoms with E-state index in [1.807, 2.05) is 58.3 Å². The Bertz CT molecular complexity index is 1040. The molecule has 32 heavy (non-hydrogen) atoms. The van der Waals surface area contributed by atoms with Gasteiger partial charge in [0.25, 0.3) is 5.91 Å². The normalized spacial score (nSPS) is 27.4. The van der Waals surface area contributed by atoms with E-state index in [1.54, 1.807) is 0 Å². The molecule has 3 aliphatic rings. The van der Waals surface area contributed by atoms with Gasteiger partial charge in [-0.1, -0.05) is 37.3 Å². The number of rotatable bonds is 5. The summed E-state index contributed by atoms with van der Waals surface area (Å²) in [7, 11) is 0. The molecule has 0 aliphatic carbocycles. The highest BCUT2D eigenvalue weighted by Crippen LogP contribution is 2.53. The number of carbonyl (C=O) groups excluding carboxylic acids is 2. The number of hydrogen-bond acceptors (Lipinski definition) is 4. The lowest BCUT2D eigenvalue weighted by atomic mass is 9.83. The number of carbonyl (C=O) groups is 2. The third kappa shape index (κ3) is 3.33. The van der Waals surface area contributed by atoms with Gasteiger partial charge in [-0.25, -0.2) is 0 Å². The number of fused-ring (bicyclic) bond motifs is 2. The van der Waals surface area contributed by atoms with Crippen LogP contribution in [0.3, 0.4) is 0 Å². The molecule has 0 aromatic heterocycles. The van der Waals surface area contributed by atoms with Crippen LogP contribution in [0.4, 0.5) is 11.4 Å². The summed E-state index contributed by atoms with van der Waals surface area (Å²) in [5, 5.41) is 9.40. The fraction of sp³-hybridized carbons (Fsp3) is 0.462. The van der Waals surface area contributed by atoms with Gasteiger partial charge in [0.1, 0.15) is 0 Å². The lowest BCUT2D eigenvalue weighted by Crippen LogP contribution is -2.43. The molecule has 168 valence electrons. The molecule has 6 heteroatoms. The molecule has 2 saturated heterocycles. The van der Waals surface area contributed by atoms with Gasteiger partial charge in [0.05, 0.1) is 18.3 Å². The van der Waals surface area contributed by atoms with Crippen molar-refractivity contribution in [1.29, 1.82) is 0 Å². The van der Waals surface area contributed by atoms with Crippen molar-refractivity contribution in [3.8, 4) is 0 Å². The standard InChI is InChI=1S/C26H30N2O4/c1-18-15-21(12-14-29)32-26(18)22-9-2-3-10-23(22)28(25(26)31)17-19-7-6-8-20(16-19)27-13-5-4-11-24(27)30/h2-3,6-10,16,18,21,29H,4-5,11-15,17H2,1H3/t18-,21+,26+/m1/s1. The lowest BCUT2D eigenvalue weighted by molar-refractivity contribution is -0.146. The van der Waals surface area contributed by atoms with Crippen molar-refractivity contribution in [2.45, 2.75) is 57.3 Å². The van der Waals surface area contributed by atoms with Crippen LogP contribution in [0.2, 0.25) is 0 Å². The van der Waals surface area contributed by atoms with Gasteiger partial charge < -0.3 is 19.6 Å². The van der Waals surface area contributed by atoms with Crippen LogP contribution in [0, 0.1) is 5.92 Å². The lowest BCUT2D eigenvalue weighted by Gasteiger charge is -2.29. The third-order valence-corrected chi connectivity index (χ3v) is 7.16. The number of amides is 2. The molecule has 1 N–H and O–H groups in total. The average Bonchev–Trinajstić information content (AvgIpc) is 3.25. The summed E-state index contributed by atoms with van der Waals surface area (Å²) in [5.74, 6) is 0.152. The van der Waals surface area contributed by atoms with Crippen molar-refractivity contribution < 1.29 is 19.4 Å². The Balaban J connectivity index is 1.46. The fourth-order valence-electron chi connectivity index (χ4n) is 5.59. The van der Waals surface area contributed by atoms with Crippen LogP contribution in [0.15, 0.2) is 48.5 Å². The van der Waals surface area contributed by atoms with E-state index >= 15 is 0 Å². The molecule has 3 aliphatic heterocycles. The summed E-state index contributed by atoms with van der Waals surface area (Å²) in [6.07, 6.45) is 3.72. The molecule has 2 amide bonds. The zero-order valence-corrected chi connectivity index (χ0v) is 18.5. The van der Waals surface area contributed by atoms with Crippen molar-refractivity contribution in [2.75, 3.05) is 23.0 Å². The second kappa shape index (κ2) is 8.34. The first-order chi connectivity index (χ1) is 15.5. The van der Waals surface area contributed by atoms with E-state index in [9.17, 15) is 14.7 Å². The third-order valence-electron chi connectivity index (χ3n) is 7.16. The average molecular weight is 435 g/mol. The largest absolute Gasteiger partial charge is 0.396 e. The molecule has 2 aromatic carbocycles. The quantitative estimate of drug-likeness (QED) is 0.778. The number of nitrogens with zero attached hydrogens (tertiary/aromatic N) is 2. The summed E-state index contributed by atoms with van der Waals surface area (Å²) >= 11 is 0. The zero-order valence-electron chi connectivity index (χ0n) is 18.5. The molecular weight excluding hydrogens is 404 g/mol. The molecular formula is C26H30N2O4. The molecule has 0 radical (unpaired) electrons. The molecule has 5 rings (SSSR count). The minimum atomic E-state index is -0.989. The molecule has 0 bridgehead atoms. The van der Waals surface area contributed by atoms with Gasteiger partial charge in [-0.2, -0.15) is 0 Å². The monoisotopic (exact) mass is 434 g/mol. The van der Waals surface area contributed by atoms with E-state index in [0.717, 1.165) is 48.3 Å². The van der Waals surface area contributed by atoms with Gasteiger partial charge in [0.15, 0.2) is 5.60 Å². The Morgan fingerprint density at radius 3 is 2.78 bits per heavy atom. The first kappa shape index (κ1) is 21.2. The predicted octanol–water partition coefficient (Wildman–Crippen LogP) is 3.75. The van der Waals surface area contributed by atoms with E-state index in [2.05, 4.69) is 6.92 Å². The summed E-state index contributed by atoms with van der Waals surface area (Å²) in [5.41, 5.74) is 2.69.